The van der Waals surface area contributed by atoms with Crippen LogP contribution < -0.4 is 10.6 Å². The standard InChI is InChI=1S/C13H14ClN3O2/c1-9-8-12(19-17-9)6-7-15-13(18)16-11-4-2-10(14)3-5-11/h2-5,8H,6-7H2,1H3,(H2,15,16,18). The Balaban J connectivity index is 1.74. The van der Waals surface area contributed by atoms with Crippen molar-refractivity contribution in [3.05, 3.63) is 46.8 Å². The maximum Gasteiger partial charge on any atom is 0.319 e. The van der Waals surface area contributed by atoms with Crippen molar-refractivity contribution in [2.45, 2.75) is 13.3 Å². The molecular formula is C13H14ClN3O2. The molecule has 0 fully saturated rings. The number of nitrogens with zero attached hydrogens (tertiary/aromatic N) is 1. The number of urea groups is 1. The molecule has 2 amide bonds. The molecule has 0 unspecified atom stereocenters. The van der Waals surface area contributed by atoms with E-state index in [2.05, 4.69) is 15.8 Å². The lowest BCUT2D eigenvalue weighted by atomic mass is 10.3. The lowest BCUT2D eigenvalue weighted by Crippen LogP contribution is -2.30. The van der Waals surface area contributed by atoms with Crippen LogP contribution in [0.25, 0.3) is 0 Å². The summed E-state index contributed by atoms with van der Waals surface area (Å²) in [5.74, 6) is 0.754. The number of nitrogens with one attached hydrogen (secondary N) is 2. The third-order valence-electron chi connectivity index (χ3n) is 2.44. The maximum atomic E-state index is 11.6. The van der Waals surface area contributed by atoms with Crippen molar-refractivity contribution in [2.75, 3.05) is 11.9 Å². The van der Waals surface area contributed by atoms with Crippen LogP contribution in [0.4, 0.5) is 10.5 Å². The third-order valence-corrected chi connectivity index (χ3v) is 2.69. The van der Waals surface area contributed by atoms with Crippen LogP contribution in [-0.2, 0) is 6.42 Å². The highest BCUT2D eigenvalue weighted by atomic mass is 35.5. The molecule has 0 aliphatic rings. The van der Waals surface area contributed by atoms with Crippen LogP contribution in [0, 0.1) is 6.92 Å². The van der Waals surface area contributed by atoms with Gasteiger partial charge in [0.1, 0.15) is 5.76 Å². The van der Waals surface area contributed by atoms with Crippen molar-refractivity contribution >= 4 is 23.3 Å². The minimum atomic E-state index is -0.265. The quantitative estimate of drug-likeness (QED) is 0.904. The van der Waals surface area contributed by atoms with Crippen molar-refractivity contribution in [1.82, 2.24) is 10.5 Å². The van der Waals surface area contributed by atoms with Crippen molar-refractivity contribution in [3.8, 4) is 0 Å². The van der Waals surface area contributed by atoms with Crippen LogP contribution in [0.15, 0.2) is 34.9 Å². The van der Waals surface area contributed by atoms with Crippen LogP contribution in [0.2, 0.25) is 5.02 Å². The number of aromatic nitrogens is 1. The van der Waals surface area contributed by atoms with Gasteiger partial charge in [0.2, 0.25) is 0 Å². The molecule has 19 heavy (non-hydrogen) atoms. The predicted molar refractivity (Wildman–Crippen MR) is 73.4 cm³/mol. The fourth-order valence-electron chi connectivity index (χ4n) is 1.54. The van der Waals surface area contributed by atoms with Crippen molar-refractivity contribution in [2.24, 2.45) is 0 Å². The molecule has 0 radical (unpaired) electrons. The van der Waals surface area contributed by atoms with Gasteiger partial charge in [-0.15, -0.1) is 0 Å². The second-order valence-corrected chi connectivity index (χ2v) is 4.51. The molecular weight excluding hydrogens is 266 g/mol. The van der Waals surface area contributed by atoms with Crippen LogP contribution in [0.5, 0.6) is 0 Å². The van der Waals surface area contributed by atoms with E-state index in [-0.39, 0.29) is 6.03 Å². The summed E-state index contributed by atoms with van der Waals surface area (Å²) in [6.45, 7) is 2.34. The lowest BCUT2D eigenvalue weighted by molar-refractivity contribution is 0.252. The minimum absolute atomic E-state index is 0.265. The summed E-state index contributed by atoms with van der Waals surface area (Å²) in [6, 6.07) is 8.49. The average molecular weight is 280 g/mol. The van der Waals surface area contributed by atoms with Gasteiger partial charge in [-0.05, 0) is 31.2 Å². The largest absolute Gasteiger partial charge is 0.361 e. The second-order valence-electron chi connectivity index (χ2n) is 4.07. The number of aryl methyl sites for hydroxylation is 1. The SMILES string of the molecule is Cc1cc(CCNC(=O)Nc2ccc(Cl)cc2)on1. The molecule has 0 aliphatic heterocycles. The van der Waals surface area contributed by atoms with E-state index >= 15 is 0 Å². The summed E-state index contributed by atoms with van der Waals surface area (Å²) in [7, 11) is 0. The van der Waals surface area contributed by atoms with Crippen LogP contribution in [0.1, 0.15) is 11.5 Å². The third kappa shape index (κ3) is 4.30. The summed E-state index contributed by atoms with van der Waals surface area (Å²) in [4.78, 5) is 11.6. The van der Waals surface area contributed by atoms with Crippen LogP contribution >= 0.6 is 11.6 Å². The molecule has 2 rings (SSSR count). The van der Waals surface area contributed by atoms with E-state index < -0.39 is 0 Å². The van der Waals surface area contributed by atoms with Gasteiger partial charge in [-0.25, -0.2) is 4.79 Å². The van der Waals surface area contributed by atoms with E-state index in [0.717, 1.165) is 11.5 Å². The molecule has 1 heterocycles. The fraction of sp³-hybridized carbons (Fsp3) is 0.231. The van der Waals surface area contributed by atoms with E-state index in [4.69, 9.17) is 16.1 Å². The Kier molecular flexibility index (Phi) is 4.41. The Labute approximate surface area is 115 Å². The van der Waals surface area contributed by atoms with Crippen molar-refractivity contribution in [3.63, 3.8) is 0 Å². The Morgan fingerprint density at radius 1 is 1.37 bits per heavy atom. The van der Waals surface area contributed by atoms with E-state index in [9.17, 15) is 4.79 Å². The monoisotopic (exact) mass is 279 g/mol. The van der Waals surface area contributed by atoms with Crippen LogP contribution in [-0.4, -0.2) is 17.7 Å². The molecule has 100 valence electrons. The first-order chi connectivity index (χ1) is 9.13. The Morgan fingerprint density at radius 2 is 2.11 bits per heavy atom. The molecule has 2 aromatic rings. The van der Waals surface area contributed by atoms with Gasteiger partial charge >= 0.3 is 6.03 Å². The highest BCUT2D eigenvalue weighted by molar-refractivity contribution is 6.30. The molecule has 0 bridgehead atoms. The number of hydrogen-bond donors (Lipinski definition) is 2. The predicted octanol–water partition coefficient (Wildman–Crippen LogP) is 3.00. The first-order valence-corrected chi connectivity index (χ1v) is 6.24. The van der Waals surface area contributed by atoms with Gasteiger partial charge in [0.25, 0.3) is 0 Å². The average Bonchev–Trinajstić information content (AvgIpc) is 2.78. The normalized spacial score (nSPS) is 10.2. The maximum absolute atomic E-state index is 11.6. The number of amides is 2. The lowest BCUT2D eigenvalue weighted by Gasteiger charge is -2.06. The van der Waals surface area contributed by atoms with E-state index in [1.807, 2.05) is 13.0 Å². The smallest absolute Gasteiger partial charge is 0.319 e. The summed E-state index contributed by atoms with van der Waals surface area (Å²) < 4.78 is 5.04. The Morgan fingerprint density at radius 3 is 2.74 bits per heavy atom. The van der Waals surface area contributed by atoms with E-state index in [1.165, 1.54) is 0 Å². The molecule has 0 spiro atoms. The van der Waals surface area contributed by atoms with E-state index in [0.29, 0.717) is 23.7 Å². The van der Waals surface area contributed by atoms with Crippen LogP contribution in [0.3, 0.4) is 0 Å². The number of hydrogen-bond acceptors (Lipinski definition) is 3. The molecule has 0 saturated heterocycles. The molecule has 1 aromatic heterocycles. The number of carbonyl (C=O) groups excluding carboxylic acids is 1. The molecule has 5 nitrogen and oxygen atoms in total. The van der Waals surface area contributed by atoms with Crippen molar-refractivity contribution < 1.29 is 9.32 Å². The number of carbonyl (C=O) groups is 1. The summed E-state index contributed by atoms with van der Waals surface area (Å²) >= 11 is 5.76. The number of rotatable bonds is 4. The highest BCUT2D eigenvalue weighted by Crippen LogP contribution is 2.13. The molecule has 6 heteroatoms. The molecule has 2 N–H and O–H groups in total. The van der Waals surface area contributed by atoms with Gasteiger partial charge in [-0.3, -0.25) is 0 Å². The minimum Gasteiger partial charge on any atom is -0.361 e. The zero-order valence-electron chi connectivity index (χ0n) is 10.4. The summed E-state index contributed by atoms with van der Waals surface area (Å²) in [5.41, 5.74) is 1.53. The Bertz CT molecular complexity index is 551. The van der Waals surface area contributed by atoms with Gasteiger partial charge < -0.3 is 15.2 Å². The van der Waals surface area contributed by atoms with Gasteiger partial charge in [0.15, 0.2) is 0 Å². The molecule has 0 aliphatic carbocycles. The molecule has 0 atom stereocenters. The second kappa shape index (κ2) is 6.24. The zero-order valence-corrected chi connectivity index (χ0v) is 11.2. The van der Waals surface area contributed by atoms with Gasteiger partial charge in [-0.1, -0.05) is 16.8 Å². The van der Waals surface area contributed by atoms with Crippen molar-refractivity contribution in [1.29, 1.82) is 0 Å². The van der Waals surface area contributed by atoms with E-state index in [1.54, 1.807) is 24.3 Å². The van der Waals surface area contributed by atoms with Gasteiger partial charge in [0.05, 0.1) is 5.69 Å². The van der Waals surface area contributed by atoms with Gasteiger partial charge in [-0.2, -0.15) is 0 Å². The topological polar surface area (TPSA) is 67.2 Å². The fourth-order valence-corrected chi connectivity index (χ4v) is 1.67. The molecule has 0 saturated carbocycles. The zero-order chi connectivity index (χ0) is 13.7. The molecule has 1 aromatic carbocycles. The number of halogens is 1. The summed E-state index contributed by atoms with van der Waals surface area (Å²) in [5, 5.41) is 9.84. The first kappa shape index (κ1) is 13.4. The first-order valence-electron chi connectivity index (χ1n) is 5.86. The number of benzene rings is 1. The van der Waals surface area contributed by atoms with Gasteiger partial charge in [0, 0.05) is 29.7 Å². The highest BCUT2D eigenvalue weighted by Gasteiger charge is 2.03. The Hall–Kier alpha value is -2.01. The number of anilines is 1. The summed E-state index contributed by atoms with van der Waals surface area (Å²) in [6.07, 6.45) is 0.606.